The minimum atomic E-state index is -0.275. The first-order valence-electron chi connectivity index (χ1n) is 10.1. The molecule has 0 aliphatic rings. The van der Waals surface area contributed by atoms with Gasteiger partial charge < -0.3 is 21.3 Å². The summed E-state index contributed by atoms with van der Waals surface area (Å²) < 4.78 is 0. The predicted octanol–water partition coefficient (Wildman–Crippen LogP) is 2.61. The molecule has 0 unspecified atom stereocenters. The molecule has 0 saturated heterocycles. The highest BCUT2D eigenvalue weighted by molar-refractivity contribution is 5.94. The summed E-state index contributed by atoms with van der Waals surface area (Å²) in [5, 5.41) is 10.4. The molecular weight excluding hydrogens is 396 g/mol. The maximum Gasteiger partial charge on any atom is 0.243 e. The van der Waals surface area contributed by atoms with E-state index in [4.69, 9.17) is 0 Å². The van der Waals surface area contributed by atoms with Gasteiger partial charge in [-0.15, -0.1) is 0 Å². The largest absolute Gasteiger partial charge is 0.356 e. The molecule has 0 aliphatic heterocycles. The third kappa shape index (κ3) is 12.5. The molecule has 0 radical (unpaired) electrons. The Hall–Kier alpha value is -3.68. The van der Waals surface area contributed by atoms with Crippen molar-refractivity contribution in [1.29, 1.82) is 0 Å². The number of benzene rings is 2. The third-order valence-electron chi connectivity index (χ3n) is 3.93. The van der Waals surface area contributed by atoms with Crippen LogP contribution in [0.5, 0.6) is 0 Å². The van der Waals surface area contributed by atoms with Crippen molar-refractivity contribution in [2.24, 2.45) is 0 Å². The van der Waals surface area contributed by atoms with Crippen molar-refractivity contribution in [3.8, 4) is 0 Å². The summed E-state index contributed by atoms with van der Waals surface area (Å²) in [4.78, 5) is 44.4. The lowest BCUT2D eigenvalue weighted by atomic mass is 10.2. The Morgan fingerprint density at radius 2 is 1.48 bits per heavy atom. The van der Waals surface area contributed by atoms with E-state index in [9.17, 15) is 19.2 Å². The van der Waals surface area contributed by atoms with Gasteiger partial charge >= 0.3 is 0 Å². The van der Waals surface area contributed by atoms with Gasteiger partial charge in [0.1, 0.15) is 0 Å². The summed E-state index contributed by atoms with van der Waals surface area (Å²) in [6, 6.07) is 16.7. The van der Waals surface area contributed by atoms with Crippen LogP contribution in [0.2, 0.25) is 0 Å². The van der Waals surface area contributed by atoms with E-state index in [0.29, 0.717) is 31.5 Å². The molecule has 0 aliphatic carbocycles. The number of hydrogen-bond donors (Lipinski definition) is 4. The summed E-state index contributed by atoms with van der Waals surface area (Å²) >= 11 is 0. The van der Waals surface area contributed by atoms with Crippen molar-refractivity contribution in [2.45, 2.75) is 33.1 Å². The molecule has 166 valence electrons. The fourth-order valence-electron chi connectivity index (χ4n) is 2.49. The highest BCUT2D eigenvalue weighted by Gasteiger charge is 2.07. The molecule has 0 saturated carbocycles. The number of rotatable bonds is 10. The lowest BCUT2D eigenvalue weighted by molar-refractivity contribution is -0.124. The first-order chi connectivity index (χ1) is 14.9. The topological polar surface area (TPSA) is 116 Å². The maximum absolute atomic E-state index is 11.7. The van der Waals surface area contributed by atoms with Gasteiger partial charge in [0.25, 0.3) is 0 Å². The number of carbonyl (C=O) groups excluding carboxylic acids is 4. The van der Waals surface area contributed by atoms with Crippen LogP contribution in [0.3, 0.4) is 0 Å². The zero-order valence-corrected chi connectivity index (χ0v) is 17.9. The van der Waals surface area contributed by atoms with Gasteiger partial charge in [-0.3, -0.25) is 19.2 Å². The second kappa shape index (κ2) is 15.2. The lowest BCUT2D eigenvalue weighted by Crippen LogP contribution is -2.33. The fourth-order valence-corrected chi connectivity index (χ4v) is 2.49. The van der Waals surface area contributed by atoms with Gasteiger partial charge in [0.2, 0.25) is 24.1 Å². The van der Waals surface area contributed by atoms with E-state index in [-0.39, 0.29) is 30.7 Å². The van der Waals surface area contributed by atoms with Gasteiger partial charge in [-0.25, -0.2) is 0 Å². The first kappa shape index (κ1) is 25.4. The number of anilines is 2. The summed E-state index contributed by atoms with van der Waals surface area (Å²) in [6.45, 7) is 4.29. The Kier molecular flexibility index (Phi) is 12.4. The summed E-state index contributed by atoms with van der Waals surface area (Å²) in [6.07, 6.45) is 1.68. The molecule has 0 bridgehead atoms. The molecule has 0 spiro atoms. The maximum atomic E-state index is 11.7. The van der Waals surface area contributed by atoms with E-state index in [1.807, 2.05) is 62.4 Å². The molecular formula is C23H30N4O4. The highest BCUT2D eigenvalue weighted by atomic mass is 16.2. The molecule has 0 aromatic heterocycles. The van der Waals surface area contributed by atoms with Crippen molar-refractivity contribution in [3.63, 3.8) is 0 Å². The molecule has 0 heterocycles. The van der Waals surface area contributed by atoms with E-state index in [0.717, 1.165) is 11.3 Å². The highest BCUT2D eigenvalue weighted by Crippen LogP contribution is 2.08. The number of aryl methyl sites for hydroxylation is 1. The molecule has 4 N–H and O–H groups in total. The van der Waals surface area contributed by atoms with Crippen LogP contribution >= 0.6 is 0 Å². The first-order valence-corrected chi connectivity index (χ1v) is 10.1. The number of carbonyl (C=O) groups is 4. The van der Waals surface area contributed by atoms with Gasteiger partial charge in [0.05, 0.1) is 6.54 Å². The average molecular weight is 427 g/mol. The summed E-state index contributed by atoms with van der Waals surface area (Å²) in [5.41, 5.74) is 2.58. The Bertz CT molecular complexity index is 840. The van der Waals surface area contributed by atoms with Gasteiger partial charge in [0.15, 0.2) is 0 Å². The van der Waals surface area contributed by atoms with Crippen LogP contribution in [-0.2, 0) is 19.2 Å². The Morgan fingerprint density at radius 1 is 0.839 bits per heavy atom. The normalized spacial score (nSPS) is 9.48. The molecule has 8 heteroatoms. The van der Waals surface area contributed by atoms with Crippen LogP contribution in [-0.4, -0.2) is 37.2 Å². The molecule has 0 atom stereocenters. The number of amides is 4. The van der Waals surface area contributed by atoms with E-state index in [1.54, 1.807) is 6.07 Å². The second-order valence-corrected chi connectivity index (χ2v) is 6.63. The number of hydrogen-bond acceptors (Lipinski definition) is 4. The molecule has 4 amide bonds. The monoisotopic (exact) mass is 426 g/mol. The number of para-hydroxylation sites is 1. The minimum absolute atomic E-state index is 0.0625. The Morgan fingerprint density at radius 3 is 2.10 bits per heavy atom. The lowest BCUT2D eigenvalue weighted by Gasteiger charge is -2.07. The smallest absolute Gasteiger partial charge is 0.243 e. The quantitative estimate of drug-likeness (QED) is 0.437. The predicted molar refractivity (Wildman–Crippen MR) is 121 cm³/mol. The van der Waals surface area contributed by atoms with E-state index in [2.05, 4.69) is 21.3 Å². The van der Waals surface area contributed by atoms with Crippen LogP contribution < -0.4 is 21.3 Å². The third-order valence-corrected chi connectivity index (χ3v) is 3.93. The van der Waals surface area contributed by atoms with Crippen LogP contribution in [0.1, 0.15) is 31.7 Å². The number of nitrogens with one attached hydrogen (secondary N) is 4. The van der Waals surface area contributed by atoms with Crippen molar-refractivity contribution >= 4 is 35.5 Å². The zero-order valence-electron chi connectivity index (χ0n) is 17.9. The molecule has 31 heavy (non-hydrogen) atoms. The van der Waals surface area contributed by atoms with Crippen LogP contribution in [0.4, 0.5) is 11.4 Å². The minimum Gasteiger partial charge on any atom is -0.356 e. The van der Waals surface area contributed by atoms with Gasteiger partial charge in [-0.05, 0) is 50.1 Å². The van der Waals surface area contributed by atoms with E-state index in [1.165, 1.54) is 0 Å². The molecule has 2 rings (SSSR count). The van der Waals surface area contributed by atoms with E-state index < -0.39 is 0 Å². The zero-order chi connectivity index (χ0) is 22.9. The average Bonchev–Trinajstić information content (AvgIpc) is 2.74. The van der Waals surface area contributed by atoms with Crippen molar-refractivity contribution in [3.05, 3.63) is 60.2 Å². The van der Waals surface area contributed by atoms with Crippen LogP contribution in [0.25, 0.3) is 0 Å². The van der Waals surface area contributed by atoms with Gasteiger partial charge in [0, 0.05) is 30.8 Å². The van der Waals surface area contributed by atoms with Crippen LogP contribution in [0, 0.1) is 6.92 Å². The van der Waals surface area contributed by atoms with Crippen molar-refractivity contribution in [1.82, 2.24) is 10.6 Å². The van der Waals surface area contributed by atoms with Crippen LogP contribution in [0.15, 0.2) is 54.6 Å². The van der Waals surface area contributed by atoms with Gasteiger partial charge in [-0.2, -0.15) is 0 Å². The van der Waals surface area contributed by atoms with Crippen molar-refractivity contribution in [2.75, 3.05) is 23.7 Å². The van der Waals surface area contributed by atoms with Gasteiger partial charge in [-0.1, -0.05) is 30.3 Å². The second-order valence-electron chi connectivity index (χ2n) is 6.63. The Balaban J connectivity index is 0.000000442. The Labute approximate surface area is 182 Å². The summed E-state index contributed by atoms with van der Waals surface area (Å²) in [5.74, 6) is -0.571. The molecule has 0 fully saturated rings. The fraction of sp³-hybridized carbons (Fsp3) is 0.304. The van der Waals surface area contributed by atoms with Crippen molar-refractivity contribution < 1.29 is 19.2 Å². The van der Waals surface area contributed by atoms with E-state index >= 15 is 0 Å². The standard InChI is InChI=1S/C16H23N3O3.C7H7NO/c1-3-17-14(20)8-5-9-15(21)18-11-16(22)19-13-7-4-6-12(2)10-13;9-6-8-7-4-2-1-3-5-7/h4,6-7,10H,3,5,8-9,11H2,1-2H3,(H,17,20)(H,18,21)(H,19,22);1-6H,(H,8,9). The molecule has 2 aromatic carbocycles. The SMILES string of the molecule is CCNC(=O)CCCC(=O)NCC(=O)Nc1cccc(C)c1.O=CNc1ccccc1. The molecule has 2 aromatic rings. The molecule has 8 nitrogen and oxygen atoms in total. The summed E-state index contributed by atoms with van der Waals surface area (Å²) in [7, 11) is 0.